The zero-order valence-corrected chi connectivity index (χ0v) is 19.8. The molecule has 3 aromatic rings. The molecule has 1 fully saturated rings. The fraction of sp³-hybridized carbons (Fsp3) is 0.333. The van der Waals surface area contributed by atoms with E-state index in [0.717, 1.165) is 16.5 Å². The smallest absolute Gasteiger partial charge is 0.328 e. The van der Waals surface area contributed by atoms with Gasteiger partial charge in [0.1, 0.15) is 12.1 Å². The molecule has 10 heteroatoms. The summed E-state index contributed by atoms with van der Waals surface area (Å²) in [7, 11) is 1.27. The summed E-state index contributed by atoms with van der Waals surface area (Å²) in [5, 5.41) is 5.51. The molecule has 2 N–H and O–H groups in total. The van der Waals surface area contributed by atoms with Crippen LogP contribution in [0.25, 0.3) is 10.9 Å². The van der Waals surface area contributed by atoms with E-state index in [0.29, 0.717) is 11.4 Å². The van der Waals surface area contributed by atoms with Crippen LogP contribution in [0.1, 0.15) is 22.2 Å². The van der Waals surface area contributed by atoms with Crippen molar-refractivity contribution in [2.45, 2.75) is 25.4 Å². The van der Waals surface area contributed by atoms with E-state index in [1.807, 2.05) is 24.3 Å². The van der Waals surface area contributed by atoms with Gasteiger partial charge in [0, 0.05) is 43.5 Å². The quantitative estimate of drug-likeness (QED) is 0.521. The maximum Gasteiger partial charge on any atom is 0.328 e. The first kappa shape index (κ1) is 23.5. The number of hydrogen-bond donors (Lipinski definition) is 2. The molecule has 1 aliphatic heterocycles. The molecule has 0 radical (unpaired) electrons. The Morgan fingerprint density at radius 1 is 1.18 bits per heavy atom. The van der Waals surface area contributed by atoms with Gasteiger partial charge >= 0.3 is 5.97 Å². The first-order valence-electron chi connectivity index (χ1n) is 10.9. The first-order valence-corrected chi connectivity index (χ1v) is 11.8. The van der Waals surface area contributed by atoms with Crippen LogP contribution in [0.2, 0.25) is 0 Å². The largest absolute Gasteiger partial charge is 0.467 e. The number of thiophene rings is 1. The minimum atomic E-state index is -0.955. The Labute approximate surface area is 200 Å². The molecular weight excluding hydrogens is 456 g/mol. The fourth-order valence-electron chi connectivity index (χ4n) is 4.20. The van der Waals surface area contributed by atoms with Gasteiger partial charge in [0.15, 0.2) is 0 Å². The molecule has 1 aromatic carbocycles. The van der Waals surface area contributed by atoms with Gasteiger partial charge in [0.25, 0.3) is 5.91 Å². The lowest BCUT2D eigenvalue weighted by molar-refractivity contribution is -0.146. The Kier molecular flexibility index (Phi) is 6.97. The molecular formula is C24H26N4O5S. The second-order valence-electron chi connectivity index (χ2n) is 8.10. The second kappa shape index (κ2) is 10.1. The standard InChI is InChI=1S/C24H26N4O5S/c1-15(29)27-9-10-28(23(31)21-8-5-11-34-21)20(14-27)22(30)26-19(24(32)33-2)12-16-13-25-18-7-4-3-6-17(16)18/h3-8,11,13,19-20,25H,9-10,12,14H2,1-2H3,(H,26,30)/t19-,20+/m1/s1. The number of hydrogen-bond acceptors (Lipinski definition) is 6. The Bertz CT molecular complexity index is 1210. The van der Waals surface area contributed by atoms with Crippen LogP contribution < -0.4 is 5.32 Å². The number of fused-ring (bicyclic) bond motifs is 1. The van der Waals surface area contributed by atoms with E-state index in [4.69, 9.17) is 4.74 Å². The SMILES string of the molecule is COC(=O)[C@@H](Cc1c[nH]c2ccccc12)NC(=O)[C@@H]1CN(C(C)=O)CCN1C(=O)c1cccs1. The van der Waals surface area contributed by atoms with Crippen molar-refractivity contribution in [1.29, 1.82) is 0 Å². The Balaban J connectivity index is 1.57. The van der Waals surface area contributed by atoms with Crippen molar-refractivity contribution in [2.75, 3.05) is 26.7 Å². The number of aromatic amines is 1. The number of para-hydroxylation sites is 1. The van der Waals surface area contributed by atoms with E-state index in [2.05, 4.69) is 10.3 Å². The van der Waals surface area contributed by atoms with E-state index < -0.39 is 24.0 Å². The summed E-state index contributed by atoms with van der Waals surface area (Å²) < 4.78 is 4.95. The molecule has 2 aromatic heterocycles. The molecule has 3 heterocycles. The summed E-state index contributed by atoms with van der Waals surface area (Å²) in [5.74, 6) is -1.55. The number of piperazine rings is 1. The van der Waals surface area contributed by atoms with Gasteiger partial charge in [-0.15, -0.1) is 11.3 Å². The van der Waals surface area contributed by atoms with Gasteiger partial charge in [-0.1, -0.05) is 24.3 Å². The molecule has 0 saturated carbocycles. The molecule has 1 aliphatic rings. The minimum absolute atomic E-state index is 0.0548. The first-order chi connectivity index (χ1) is 16.4. The van der Waals surface area contributed by atoms with Crippen molar-refractivity contribution in [3.63, 3.8) is 0 Å². The lowest BCUT2D eigenvalue weighted by Crippen LogP contribution is -2.62. The summed E-state index contributed by atoms with van der Waals surface area (Å²) in [5.41, 5.74) is 1.77. The van der Waals surface area contributed by atoms with Crippen molar-refractivity contribution in [3.8, 4) is 0 Å². The highest BCUT2D eigenvalue weighted by atomic mass is 32.1. The molecule has 1 saturated heterocycles. The Morgan fingerprint density at radius 3 is 2.68 bits per heavy atom. The third kappa shape index (κ3) is 4.81. The number of carbonyl (C=O) groups excluding carboxylic acids is 4. The number of aromatic nitrogens is 1. The summed E-state index contributed by atoms with van der Waals surface area (Å²) in [6.45, 7) is 2.05. The van der Waals surface area contributed by atoms with Crippen LogP contribution in [0.15, 0.2) is 48.0 Å². The molecule has 3 amide bonds. The Morgan fingerprint density at radius 2 is 1.97 bits per heavy atom. The minimum Gasteiger partial charge on any atom is -0.467 e. The zero-order chi connectivity index (χ0) is 24.2. The summed E-state index contributed by atoms with van der Waals surface area (Å²) in [6.07, 6.45) is 2.02. The van der Waals surface area contributed by atoms with Crippen molar-refractivity contribution in [3.05, 3.63) is 58.4 Å². The van der Waals surface area contributed by atoms with Crippen LogP contribution in [0.3, 0.4) is 0 Å². The topological polar surface area (TPSA) is 112 Å². The van der Waals surface area contributed by atoms with Crippen molar-refractivity contribution >= 4 is 45.9 Å². The van der Waals surface area contributed by atoms with Gasteiger partial charge in [0.2, 0.25) is 11.8 Å². The molecule has 9 nitrogen and oxygen atoms in total. The van der Waals surface area contributed by atoms with Crippen molar-refractivity contribution < 1.29 is 23.9 Å². The van der Waals surface area contributed by atoms with E-state index >= 15 is 0 Å². The number of esters is 1. The predicted molar refractivity (Wildman–Crippen MR) is 127 cm³/mol. The summed E-state index contributed by atoms with van der Waals surface area (Å²) in [6, 6.07) is 9.26. The molecule has 4 rings (SSSR count). The van der Waals surface area contributed by atoms with Crippen LogP contribution in [0.5, 0.6) is 0 Å². The lowest BCUT2D eigenvalue weighted by atomic mass is 10.0. The number of ether oxygens (including phenoxy) is 1. The fourth-order valence-corrected chi connectivity index (χ4v) is 4.88. The molecule has 0 spiro atoms. The van der Waals surface area contributed by atoms with Crippen LogP contribution in [0, 0.1) is 0 Å². The van der Waals surface area contributed by atoms with Crippen molar-refractivity contribution in [1.82, 2.24) is 20.1 Å². The van der Waals surface area contributed by atoms with Crippen LogP contribution >= 0.6 is 11.3 Å². The maximum absolute atomic E-state index is 13.4. The number of carbonyl (C=O) groups is 4. The molecule has 0 unspecified atom stereocenters. The van der Waals surface area contributed by atoms with E-state index in [1.54, 1.807) is 23.7 Å². The maximum atomic E-state index is 13.4. The number of nitrogens with zero attached hydrogens (tertiary/aromatic N) is 2. The van der Waals surface area contributed by atoms with Gasteiger partial charge in [-0.3, -0.25) is 14.4 Å². The number of nitrogens with one attached hydrogen (secondary N) is 2. The van der Waals surface area contributed by atoms with Gasteiger partial charge < -0.3 is 24.8 Å². The van der Waals surface area contributed by atoms with Gasteiger partial charge in [-0.05, 0) is 23.1 Å². The molecule has 34 heavy (non-hydrogen) atoms. The van der Waals surface area contributed by atoms with E-state index in [9.17, 15) is 19.2 Å². The lowest BCUT2D eigenvalue weighted by Gasteiger charge is -2.40. The van der Waals surface area contributed by atoms with Crippen LogP contribution in [0.4, 0.5) is 0 Å². The van der Waals surface area contributed by atoms with Crippen LogP contribution in [-0.4, -0.2) is 77.3 Å². The molecule has 0 aliphatic carbocycles. The van der Waals surface area contributed by atoms with Gasteiger partial charge in [0.05, 0.1) is 18.5 Å². The molecule has 2 atom stereocenters. The average Bonchev–Trinajstić information content (AvgIpc) is 3.53. The zero-order valence-electron chi connectivity index (χ0n) is 18.9. The molecule has 0 bridgehead atoms. The highest BCUT2D eigenvalue weighted by Crippen LogP contribution is 2.21. The van der Waals surface area contributed by atoms with E-state index in [1.165, 1.54) is 35.2 Å². The van der Waals surface area contributed by atoms with Crippen molar-refractivity contribution in [2.24, 2.45) is 0 Å². The highest BCUT2D eigenvalue weighted by molar-refractivity contribution is 7.12. The third-order valence-electron chi connectivity index (χ3n) is 6.02. The monoisotopic (exact) mass is 482 g/mol. The van der Waals surface area contributed by atoms with Gasteiger partial charge in [-0.25, -0.2) is 4.79 Å². The number of amides is 3. The van der Waals surface area contributed by atoms with Gasteiger partial charge in [-0.2, -0.15) is 0 Å². The number of H-pyrrole nitrogens is 1. The summed E-state index contributed by atoms with van der Waals surface area (Å²) in [4.78, 5) is 57.8. The summed E-state index contributed by atoms with van der Waals surface area (Å²) >= 11 is 1.29. The van der Waals surface area contributed by atoms with Crippen LogP contribution in [-0.2, 0) is 25.5 Å². The van der Waals surface area contributed by atoms with E-state index in [-0.39, 0.29) is 31.3 Å². The predicted octanol–water partition coefficient (Wildman–Crippen LogP) is 1.80. The number of methoxy groups -OCH3 is 1. The third-order valence-corrected chi connectivity index (χ3v) is 6.88. The second-order valence-corrected chi connectivity index (χ2v) is 9.05. The Hall–Kier alpha value is -3.66. The molecule has 178 valence electrons. The average molecular weight is 483 g/mol. The highest BCUT2D eigenvalue weighted by Gasteiger charge is 2.38. The number of benzene rings is 1. The normalized spacial score (nSPS) is 16.8. The number of rotatable bonds is 6.